The fourth-order valence-electron chi connectivity index (χ4n) is 2.24. The molecule has 0 atom stereocenters. The average Bonchev–Trinajstić information content (AvgIpc) is 2.57. The smallest absolute Gasteiger partial charge is 0.179 e. The topological polar surface area (TPSA) is 42.2 Å². The molecule has 0 aromatic heterocycles. The molecule has 0 aliphatic carbocycles. The van der Waals surface area contributed by atoms with Crippen molar-refractivity contribution in [3.8, 4) is 17.6 Å². The summed E-state index contributed by atoms with van der Waals surface area (Å²) in [7, 11) is 0. The molecule has 0 saturated heterocycles. The van der Waals surface area contributed by atoms with Crippen LogP contribution in [0.25, 0.3) is 11.6 Å². The highest BCUT2D eigenvalue weighted by atomic mass is 35.5. The maximum atomic E-state index is 13.9. The van der Waals surface area contributed by atoms with Crippen molar-refractivity contribution in [3.63, 3.8) is 0 Å². The van der Waals surface area contributed by atoms with Crippen LogP contribution in [0, 0.1) is 17.1 Å². The van der Waals surface area contributed by atoms with Crippen molar-refractivity contribution in [1.29, 1.82) is 5.26 Å². The van der Waals surface area contributed by atoms with Crippen LogP contribution >= 0.6 is 11.6 Å². The molecular weight excluding hydrogens is 329 g/mol. The standard InChI is InChI=1S/C19H17ClFNO2/c1-3-23-18-11-13(10-16(20)19(18)24-4-2)9-14(12-22)15-7-5-6-8-17(15)21/h5-11H,3-4H2,1-2H3/b14-9-. The highest BCUT2D eigenvalue weighted by Crippen LogP contribution is 2.37. The summed E-state index contributed by atoms with van der Waals surface area (Å²) in [5, 5.41) is 9.75. The zero-order valence-corrected chi connectivity index (χ0v) is 14.2. The molecule has 2 rings (SSSR count). The van der Waals surface area contributed by atoms with E-state index in [1.54, 1.807) is 36.4 Å². The second-order valence-corrected chi connectivity index (χ2v) is 5.25. The van der Waals surface area contributed by atoms with Crippen molar-refractivity contribution in [3.05, 3.63) is 58.4 Å². The van der Waals surface area contributed by atoms with Gasteiger partial charge in [0.05, 0.1) is 29.9 Å². The second-order valence-electron chi connectivity index (χ2n) is 4.85. The lowest BCUT2D eigenvalue weighted by Gasteiger charge is -2.13. The molecule has 0 aliphatic rings. The first kappa shape index (κ1) is 17.8. The molecule has 24 heavy (non-hydrogen) atoms. The van der Waals surface area contributed by atoms with Gasteiger partial charge in [0.25, 0.3) is 0 Å². The SMILES string of the molecule is CCOc1cc(/C=C(/C#N)c2ccccc2F)cc(Cl)c1OCC. The zero-order valence-electron chi connectivity index (χ0n) is 13.5. The fourth-order valence-corrected chi connectivity index (χ4v) is 2.51. The Labute approximate surface area is 145 Å². The van der Waals surface area contributed by atoms with Gasteiger partial charge in [0.1, 0.15) is 5.82 Å². The van der Waals surface area contributed by atoms with Gasteiger partial charge in [-0.05, 0) is 43.7 Å². The molecular formula is C19H17ClFNO2. The number of nitrogens with zero attached hydrogens (tertiary/aromatic N) is 1. The number of hydrogen-bond acceptors (Lipinski definition) is 3. The van der Waals surface area contributed by atoms with E-state index in [1.807, 2.05) is 19.9 Å². The molecule has 0 radical (unpaired) electrons. The van der Waals surface area contributed by atoms with E-state index in [-0.39, 0.29) is 11.1 Å². The third-order valence-electron chi connectivity index (χ3n) is 3.22. The molecule has 5 heteroatoms. The lowest BCUT2D eigenvalue weighted by atomic mass is 10.0. The summed E-state index contributed by atoms with van der Waals surface area (Å²) >= 11 is 6.26. The molecule has 3 nitrogen and oxygen atoms in total. The van der Waals surface area contributed by atoms with Crippen LogP contribution in [-0.2, 0) is 0 Å². The van der Waals surface area contributed by atoms with Gasteiger partial charge in [0.2, 0.25) is 0 Å². The van der Waals surface area contributed by atoms with Gasteiger partial charge in [0, 0.05) is 5.56 Å². The fraction of sp³-hybridized carbons (Fsp3) is 0.211. The van der Waals surface area contributed by atoms with Crippen LogP contribution in [0.15, 0.2) is 36.4 Å². The van der Waals surface area contributed by atoms with Gasteiger partial charge >= 0.3 is 0 Å². The van der Waals surface area contributed by atoms with Crippen LogP contribution in [0.2, 0.25) is 5.02 Å². The quantitative estimate of drug-likeness (QED) is 0.524. The molecule has 0 heterocycles. The zero-order chi connectivity index (χ0) is 17.5. The predicted molar refractivity (Wildman–Crippen MR) is 93.7 cm³/mol. The molecule has 0 N–H and O–H groups in total. The Morgan fingerprint density at radius 3 is 2.54 bits per heavy atom. The minimum Gasteiger partial charge on any atom is -0.490 e. The molecule has 0 fully saturated rings. The number of benzene rings is 2. The maximum absolute atomic E-state index is 13.9. The summed E-state index contributed by atoms with van der Waals surface area (Å²) in [5.41, 5.74) is 1.07. The Bertz CT molecular complexity index is 796. The van der Waals surface area contributed by atoms with Crippen molar-refractivity contribution >= 4 is 23.3 Å². The summed E-state index contributed by atoms with van der Waals surface area (Å²) in [6.07, 6.45) is 1.57. The van der Waals surface area contributed by atoms with Crippen molar-refractivity contribution in [2.75, 3.05) is 13.2 Å². The van der Waals surface area contributed by atoms with E-state index in [4.69, 9.17) is 21.1 Å². The minimum atomic E-state index is -0.452. The summed E-state index contributed by atoms with van der Waals surface area (Å²) in [6.45, 7) is 4.60. The van der Waals surface area contributed by atoms with Gasteiger partial charge in [-0.2, -0.15) is 5.26 Å². The highest BCUT2D eigenvalue weighted by molar-refractivity contribution is 6.32. The molecule has 0 aliphatic heterocycles. The number of halogens is 2. The van der Waals surface area contributed by atoms with E-state index in [2.05, 4.69) is 0 Å². The Kier molecular flexibility index (Phi) is 6.22. The first-order chi connectivity index (χ1) is 11.6. The van der Waals surface area contributed by atoms with Gasteiger partial charge in [-0.15, -0.1) is 0 Å². The van der Waals surface area contributed by atoms with E-state index in [0.29, 0.717) is 35.3 Å². The highest BCUT2D eigenvalue weighted by Gasteiger charge is 2.13. The maximum Gasteiger partial charge on any atom is 0.179 e. The minimum absolute atomic E-state index is 0.204. The van der Waals surface area contributed by atoms with Crippen LogP contribution < -0.4 is 9.47 Å². The predicted octanol–water partition coefficient (Wildman–Crippen LogP) is 5.34. The molecule has 0 bridgehead atoms. The number of hydrogen-bond donors (Lipinski definition) is 0. The van der Waals surface area contributed by atoms with Crippen LogP contribution in [0.4, 0.5) is 4.39 Å². The summed E-state index contributed by atoms with van der Waals surface area (Å²) in [4.78, 5) is 0. The third kappa shape index (κ3) is 4.06. The van der Waals surface area contributed by atoms with E-state index in [0.717, 1.165) is 0 Å². The van der Waals surface area contributed by atoms with Gasteiger partial charge in [-0.1, -0.05) is 29.8 Å². The normalized spacial score (nSPS) is 11.0. The van der Waals surface area contributed by atoms with E-state index < -0.39 is 5.82 Å². The molecule has 0 saturated carbocycles. The summed E-state index contributed by atoms with van der Waals surface area (Å²) < 4.78 is 25.0. The Morgan fingerprint density at radius 2 is 1.92 bits per heavy atom. The van der Waals surface area contributed by atoms with Crippen LogP contribution in [-0.4, -0.2) is 13.2 Å². The average molecular weight is 346 g/mol. The monoisotopic (exact) mass is 345 g/mol. The van der Waals surface area contributed by atoms with Gasteiger partial charge in [-0.25, -0.2) is 4.39 Å². The van der Waals surface area contributed by atoms with Crippen molar-refractivity contribution in [2.45, 2.75) is 13.8 Å². The molecule has 0 amide bonds. The van der Waals surface area contributed by atoms with Crippen molar-refractivity contribution in [1.82, 2.24) is 0 Å². The number of rotatable bonds is 6. The Morgan fingerprint density at radius 1 is 1.21 bits per heavy atom. The van der Waals surface area contributed by atoms with E-state index in [1.165, 1.54) is 6.07 Å². The van der Waals surface area contributed by atoms with Crippen molar-refractivity contribution < 1.29 is 13.9 Å². The number of ether oxygens (including phenoxy) is 2. The van der Waals surface area contributed by atoms with E-state index >= 15 is 0 Å². The van der Waals surface area contributed by atoms with Crippen LogP contribution in [0.1, 0.15) is 25.0 Å². The molecule has 124 valence electrons. The summed E-state index contributed by atoms with van der Waals surface area (Å²) in [6, 6.07) is 11.5. The van der Waals surface area contributed by atoms with Gasteiger partial charge in [0.15, 0.2) is 11.5 Å². The lowest BCUT2D eigenvalue weighted by molar-refractivity contribution is 0.288. The first-order valence-electron chi connectivity index (χ1n) is 7.56. The van der Waals surface area contributed by atoms with Crippen LogP contribution in [0.5, 0.6) is 11.5 Å². The largest absolute Gasteiger partial charge is 0.490 e. The van der Waals surface area contributed by atoms with Crippen molar-refractivity contribution in [2.24, 2.45) is 0 Å². The van der Waals surface area contributed by atoms with Gasteiger partial charge in [-0.3, -0.25) is 0 Å². The van der Waals surface area contributed by atoms with Gasteiger partial charge < -0.3 is 9.47 Å². The molecule has 2 aromatic carbocycles. The lowest BCUT2D eigenvalue weighted by Crippen LogP contribution is -1.99. The second kappa shape index (κ2) is 8.37. The summed E-state index contributed by atoms with van der Waals surface area (Å²) in [5.74, 6) is 0.499. The molecule has 2 aromatic rings. The first-order valence-corrected chi connectivity index (χ1v) is 7.94. The van der Waals surface area contributed by atoms with Crippen LogP contribution in [0.3, 0.4) is 0 Å². The third-order valence-corrected chi connectivity index (χ3v) is 3.50. The Balaban J connectivity index is 2.51. The molecule has 0 spiro atoms. The number of nitriles is 1. The van der Waals surface area contributed by atoms with E-state index in [9.17, 15) is 9.65 Å². The molecule has 0 unspecified atom stereocenters. The number of allylic oxidation sites excluding steroid dienone is 1. The Hall–Kier alpha value is -2.51.